The topological polar surface area (TPSA) is 49.8 Å². The van der Waals surface area contributed by atoms with Crippen LogP contribution in [0.25, 0.3) is 0 Å². The Balaban J connectivity index is 2.53. The molecule has 1 aliphatic heterocycles. The van der Waals surface area contributed by atoms with Crippen LogP contribution in [0.3, 0.4) is 0 Å². The molecule has 0 aromatic rings. The average Bonchev–Trinajstić information content (AvgIpc) is 2.25. The number of ether oxygens (including phenoxy) is 1. The van der Waals surface area contributed by atoms with Gasteiger partial charge in [-0.25, -0.2) is 4.79 Å². The molecule has 2 unspecified atom stereocenters. The molecule has 1 rings (SSSR count). The Kier molecular flexibility index (Phi) is 5.41. The van der Waals surface area contributed by atoms with Crippen LogP contribution < -0.4 is 0 Å². The van der Waals surface area contributed by atoms with Gasteiger partial charge in [0, 0.05) is 19.0 Å². The maximum atomic E-state index is 12.0. The number of piperidine rings is 1. The quantitative estimate of drug-likeness (QED) is 0.801. The van der Waals surface area contributed by atoms with Crippen LogP contribution in [0.15, 0.2) is 12.2 Å². The second-order valence-corrected chi connectivity index (χ2v) is 6.54. The van der Waals surface area contributed by atoms with Gasteiger partial charge < -0.3 is 14.7 Å². The standard InChI is InChI=1S/C15H27NO3/c1-11(2)6-7-12-10-16(9-8-13(12)17)14(18)19-15(3,4)5/h12-13,17H,1,6-10H2,2-5H3. The van der Waals surface area contributed by atoms with Crippen LogP contribution >= 0.6 is 0 Å². The van der Waals surface area contributed by atoms with Crippen LogP contribution in [-0.4, -0.2) is 40.9 Å². The normalized spacial score (nSPS) is 24.2. The SMILES string of the molecule is C=C(C)CCC1CN(C(=O)OC(C)(C)C)CCC1O. The zero-order chi connectivity index (χ0) is 14.6. The fourth-order valence-electron chi connectivity index (χ4n) is 2.23. The first-order valence-corrected chi connectivity index (χ1v) is 6.99. The molecule has 0 aromatic heterocycles. The van der Waals surface area contributed by atoms with Crippen LogP contribution in [-0.2, 0) is 4.74 Å². The van der Waals surface area contributed by atoms with Gasteiger partial charge in [0.1, 0.15) is 5.60 Å². The van der Waals surface area contributed by atoms with Crippen molar-refractivity contribution in [3.63, 3.8) is 0 Å². The van der Waals surface area contributed by atoms with E-state index < -0.39 is 5.60 Å². The maximum absolute atomic E-state index is 12.0. The predicted octanol–water partition coefficient (Wildman–Crippen LogP) is 2.96. The Hall–Kier alpha value is -1.03. The molecule has 4 nitrogen and oxygen atoms in total. The molecular weight excluding hydrogens is 242 g/mol. The number of likely N-dealkylation sites (tertiary alicyclic amines) is 1. The highest BCUT2D eigenvalue weighted by Gasteiger charge is 2.32. The van der Waals surface area contributed by atoms with Crippen molar-refractivity contribution in [2.45, 2.75) is 58.7 Å². The zero-order valence-electron chi connectivity index (χ0n) is 12.6. The van der Waals surface area contributed by atoms with Gasteiger partial charge in [-0.05, 0) is 47.0 Å². The van der Waals surface area contributed by atoms with Crippen molar-refractivity contribution >= 4 is 6.09 Å². The van der Waals surface area contributed by atoms with E-state index in [-0.39, 0.29) is 18.1 Å². The van der Waals surface area contributed by atoms with Gasteiger partial charge in [-0.3, -0.25) is 0 Å². The lowest BCUT2D eigenvalue weighted by molar-refractivity contribution is -0.00981. The smallest absolute Gasteiger partial charge is 0.410 e. The summed E-state index contributed by atoms with van der Waals surface area (Å²) in [5.74, 6) is 0.123. The molecule has 4 heteroatoms. The van der Waals surface area contributed by atoms with Crippen molar-refractivity contribution in [1.29, 1.82) is 0 Å². The summed E-state index contributed by atoms with van der Waals surface area (Å²) < 4.78 is 5.37. The van der Waals surface area contributed by atoms with Crippen molar-refractivity contribution in [2.75, 3.05) is 13.1 Å². The molecule has 1 fully saturated rings. The molecule has 110 valence electrons. The first kappa shape index (κ1) is 16.0. The largest absolute Gasteiger partial charge is 0.444 e. The lowest BCUT2D eigenvalue weighted by Crippen LogP contribution is -2.47. The fourth-order valence-corrected chi connectivity index (χ4v) is 2.23. The van der Waals surface area contributed by atoms with Crippen molar-refractivity contribution in [2.24, 2.45) is 5.92 Å². The minimum Gasteiger partial charge on any atom is -0.444 e. The summed E-state index contributed by atoms with van der Waals surface area (Å²) in [6, 6.07) is 0. The number of rotatable bonds is 3. The van der Waals surface area contributed by atoms with E-state index in [1.165, 1.54) is 0 Å². The average molecular weight is 269 g/mol. The van der Waals surface area contributed by atoms with Gasteiger partial charge in [0.25, 0.3) is 0 Å². The Labute approximate surface area is 116 Å². The van der Waals surface area contributed by atoms with Crippen LogP contribution in [0, 0.1) is 5.92 Å². The first-order valence-electron chi connectivity index (χ1n) is 6.99. The zero-order valence-corrected chi connectivity index (χ0v) is 12.6. The van der Waals surface area contributed by atoms with Crippen LogP contribution in [0.1, 0.15) is 47.0 Å². The van der Waals surface area contributed by atoms with E-state index >= 15 is 0 Å². The molecule has 0 bridgehead atoms. The van der Waals surface area contributed by atoms with Gasteiger partial charge in [0.2, 0.25) is 0 Å². The van der Waals surface area contributed by atoms with Crippen LogP contribution in [0.5, 0.6) is 0 Å². The number of hydrogen-bond donors (Lipinski definition) is 1. The molecule has 0 spiro atoms. The molecule has 1 N–H and O–H groups in total. The Bertz CT molecular complexity index is 333. The Morgan fingerprint density at radius 1 is 1.47 bits per heavy atom. The van der Waals surface area contributed by atoms with Crippen molar-refractivity contribution < 1.29 is 14.6 Å². The minimum atomic E-state index is -0.472. The molecule has 0 radical (unpaired) electrons. The molecule has 1 heterocycles. The van der Waals surface area contributed by atoms with Gasteiger partial charge in [0.15, 0.2) is 0 Å². The van der Waals surface area contributed by atoms with Gasteiger partial charge in [0.05, 0.1) is 6.10 Å². The molecule has 0 aromatic carbocycles. The summed E-state index contributed by atoms with van der Waals surface area (Å²) in [6.45, 7) is 12.6. The number of allylic oxidation sites excluding steroid dienone is 1. The van der Waals surface area contributed by atoms with Crippen LogP contribution in [0.2, 0.25) is 0 Å². The summed E-state index contributed by atoms with van der Waals surface area (Å²) in [7, 11) is 0. The lowest BCUT2D eigenvalue weighted by atomic mass is 9.89. The molecule has 1 aliphatic rings. The van der Waals surface area contributed by atoms with E-state index in [2.05, 4.69) is 6.58 Å². The number of carbonyl (C=O) groups is 1. The molecule has 2 atom stereocenters. The third-order valence-corrected chi connectivity index (χ3v) is 3.29. The van der Waals surface area contributed by atoms with Crippen LogP contribution in [0.4, 0.5) is 4.79 Å². The number of amides is 1. The Morgan fingerprint density at radius 2 is 2.11 bits per heavy atom. The van der Waals surface area contributed by atoms with E-state index in [1.807, 2.05) is 27.7 Å². The molecule has 0 saturated carbocycles. The number of aliphatic hydroxyl groups is 1. The lowest BCUT2D eigenvalue weighted by Gasteiger charge is -2.37. The molecule has 0 aliphatic carbocycles. The third-order valence-electron chi connectivity index (χ3n) is 3.29. The molecule has 19 heavy (non-hydrogen) atoms. The van der Waals surface area contributed by atoms with Crippen molar-refractivity contribution in [1.82, 2.24) is 4.90 Å². The monoisotopic (exact) mass is 269 g/mol. The molecule has 1 saturated heterocycles. The minimum absolute atomic E-state index is 0.123. The van der Waals surface area contributed by atoms with E-state index in [1.54, 1.807) is 4.90 Å². The van der Waals surface area contributed by atoms with Gasteiger partial charge in [-0.15, -0.1) is 6.58 Å². The second-order valence-electron chi connectivity index (χ2n) is 6.54. The number of aliphatic hydroxyl groups excluding tert-OH is 1. The highest BCUT2D eigenvalue weighted by molar-refractivity contribution is 5.68. The first-order chi connectivity index (χ1) is 8.69. The molecule has 1 amide bonds. The van der Waals surface area contributed by atoms with E-state index in [0.29, 0.717) is 19.5 Å². The van der Waals surface area contributed by atoms with Crippen molar-refractivity contribution in [3.8, 4) is 0 Å². The van der Waals surface area contributed by atoms with Gasteiger partial charge in [-0.2, -0.15) is 0 Å². The van der Waals surface area contributed by atoms with E-state index in [0.717, 1.165) is 18.4 Å². The van der Waals surface area contributed by atoms with Crippen molar-refractivity contribution in [3.05, 3.63) is 12.2 Å². The van der Waals surface area contributed by atoms with E-state index in [4.69, 9.17) is 4.74 Å². The number of hydrogen-bond acceptors (Lipinski definition) is 3. The van der Waals surface area contributed by atoms with Gasteiger partial charge in [-0.1, -0.05) is 5.57 Å². The predicted molar refractivity (Wildman–Crippen MR) is 76.0 cm³/mol. The molecular formula is C15H27NO3. The summed E-state index contributed by atoms with van der Waals surface area (Å²) in [5.41, 5.74) is 0.641. The van der Waals surface area contributed by atoms with Gasteiger partial charge >= 0.3 is 6.09 Å². The maximum Gasteiger partial charge on any atom is 0.410 e. The summed E-state index contributed by atoms with van der Waals surface area (Å²) >= 11 is 0. The second kappa shape index (κ2) is 6.42. The number of carbonyl (C=O) groups excluding carboxylic acids is 1. The number of nitrogens with zero attached hydrogens (tertiary/aromatic N) is 1. The summed E-state index contributed by atoms with van der Waals surface area (Å²) in [4.78, 5) is 13.7. The van der Waals surface area contributed by atoms with E-state index in [9.17, 15) is 9.90 Å². The summed E-state index contributed by atoms with van der Waals surface area (Å²) in [6.07, 6.45) is 1.79. The fraction of sp³-hybridized carbons (Fsp3) is 0.800. The third kappa shape index (κ3) is 5.64. The summed E-state index contributed by atoms with van der Waals surface area (Å²) in [5, 5.41) is 10.0. The highest BCUT2D eigenvalue weighted by atomic mass is 16.6. The Morgan fingerprint density at radius 3 is 2.63 bits per heavy atom. The highest BCUT2D eigenvalue weighted by Crippen LogP contribution is 2.24.